The molecule has 1 amide bonds. The van der Waals surface area contributed by atoms with Crippen LogP contribution in [0.15, 0.2) is 44.0 Å². The Labute approximate surface area is 120 Å². The van der Waals surface area contributed by atoms with Crippen LogP contribution in [0.5, 0.6) is 0 Å². The molecule has 0 bridgehead atoms. The van der Waals surface area contributed by atoms with E-state index in [-0.39, 0.29) is 5.91 Å². The third kappa shape index (κ3) is 3.33. The van der Waals surface area contributed by atoms with Crippen molar-refractivity contribution in [3.63, 3.8) is 0 Å². The van der Waals surface area contributed by atoms with E-state index in [1.54, 1.807) is 6.21 Å². The molecule has 1 aromatic carbocycles. The number of carbonyl (C=O) groups is 1. The van der Waals surface area contributed by atoms with Gasteiger partial charge in [-0.3, -0.25) is 4.79 Å². The van der Waals surface area contributed by atoms with Crippen molar-refractivity contribution in [3.8, 4) is 0 Å². The van der Waals surface area contributed by atoms with E-state index < -0.39 is 4.83 Å². The van der Waals surface area contributed by atoms with Crippen molar-refractivity contribution in [3.05, 3.63) is 34.3 Å². The van der Waals surface area contributed by atoms with Gasteiger partial charge in [-0.25, -0.2) is 5.43 Å². The molecule has 1 aliphatic heterocycles. The Morgan fingerprint density at radius 2 is 2.28 bits per heavy atom. The number of amides is 1. The van der Waals surface area contributed by atoms with Gasteiger partial charge in [0.25, 0.3) is 5.91 Å². The van der Waals surface area contributed by atoms with E-state index in [0.29, 0.717) is 5.71 Å². The lowest BCUT2D eigenvalue weighted by molar-refractivity contribution is -0.119. The van der Waals surface area contributed by atoms with Gasteiger partial charge < -0.3 is 0 Å². The highest BCUT2D eigenvalue weighted by Crippen LogP contribution is 2.10. The zero-order valence-corrected chi connectivity index (χ0v) is 12.2. The summed E-state index contributed by atoms with van der Waals surface area (Å²) in [5.74, 6) is -0.256. The molecule has 1 atom stereocenters. The van der Waals surface area contributed by atoms with Crippen LogP contribution in [0.4, 0.5) is 0 Å². The number of alkyl halides is 1. The molecule has 1 unspecified atom stereocenters. The molecule has 0 spiro atoms. The molecular formula is C11H8Br2N4O. The summed E-state index contributed by atoms with van der Waals surface area (Å²) in [5, 5.41) is 11.5. The molecule has 18 heavy (non-hydrogen) atoms. The first-order valence-electron chi connectivity index (χ1n) is 5.00. The highest BCUT2D eigenvalue weighted by Gasteiger charge is 2.23. The average molecular weight is 372 g/mol. The molecule has 5 nitrogen and oxygen atoms in total. The van der Waals surface area contributed by atoms with Gasteiger partial charge in [-0.2, -0.15) is 15.3 Å². The molecule has 0 fully saturated rings. The number of hydrazone groups is 1. The van der Waals surface area contributed by atoms with Gasteiger partial charge >= 0.3 is 0 Å². The van der Waals surface area contributed by atoms with E-state index in [2.05, 4.69) is 52.6 Å². The second kappa shape index (κ2) is 6.01. The molecule has 0 aliphatic carbocycles. The smallest absolute Gasteiger partial charge is 0.260 e. The van der Waals surface area contributed by atoms with E-state index in [1.807, 2.05) is 24.3 Å². The zero-order valence-electron chi connectivity index (χ0n) is 9.05. The minimum Gasteiger partial charge on any atom is -0.271 e. The summed E-state index contributed by atoms with van der Waals surface area (Å²) in [4.78, 5) is 10.8. The van der Waals surface area contributed by atoms with Crippen molar-refractivity contribution in [2.45, 2.75) is 4.83 Å². The number of carbonyl (C=O) groups excluding carboxylic acids is 1. The van der Waals surface area contributed by atoms with Gasteiger partial charge in [0.1, 0.15) is 10.5 Å². The Morgan fingerprint density at radius 1 is 1.44 bits per heavy atom. The lowest BCUT2D eigenvalue weighted by atomic mass is 10.2. The summed E-state index contributed by atoms with van der Waals surface area (Å²) < 4.78 is 0.969. The Bertz CT molecular complexity index is 554. The molecule has 1 heterocycles. The number of halogens is 2. The Morgan fingerprint density at radius 3 is 3.06 bits per heavy atom. The third-order valence-electron chi connectivity index (χ3n) is 2.09. The van der Waals surface area contributed by atoms with Crippen molar-refractivity contribution in [1.82, 2.24) is 5.43 Å². The fraction of sp³-hybridized carbons (Fsp3) is 0.0909. The molecule has 2 rings (SSSR count). The highest BCUT2D eigenvalue weighted by atomic mass is 79.9. The summed E-state index contributed by atoms with van der Waals surface area (Å²) in [6.07, 6.45) is 3.07. The number of hydrogen-bond donors (Lipinski definition) is 1. The van der Waals surface area contributed by atoms with Crippen LogP contribution in [0.1, 0.15) is 5.56 Å². The van der Waals surface area contributed by atoms with E-state index in [1.165, 1.54) is 6.21 Å². The monoisotopic (exact) mass is 370 g/mol. The van der Waals surface area contributed by atoms with E-state index in [4.69, 9.17) is 0 Å². The summed E-state index contributed by atoms with van der Waals surface area (Å²) in [7, 11) is 0. The zero-order chi connectivity index (χ0) is 13.0. The number of rotatable bonds is 2. The maximum atomic E-state index is 11.3. The summed E-state index contributed by atoms with van der Waals surface area (Å²) in [6, 6.07) is 7.65. The fourth-order valence-corrected chi connectivity index (χ4v) is 1.97. The molecule has 0 saturated carbocycles. The molecule has 1 aromatic rings. The van der Waals surface area contributed by atoms with Crippen LogP contribution in [0.25, 0.3) is 0 Å². The van der Waals surface area contributed by atoms with Crippen LogP contribution in [-0.2, 0) is 4.79 Å². The van der Waals surface area contributed by atoms with Gasteiger partial charge in [0.15, 0.2) is 0 Å². The first kappa shape index (κ1) is 13.1. The van der Waals surface area contributed by atoms with Crippen LogP contribution in [-0.4, -0.2) is 28.9 Å². The first-order chi connectivity index (χ1) is 8.66. The molecule has 0 aromatic heterocycles. The van der Waals surface area contributed by atoms with Gasteiger partial charge in [-0.1, -0.05) is 44.0 Å². The SMILES string of the molecule is O=C1NN=C/C(=N/N=C\c2cccc(Br)c2)C1Br. The lowest BCUT2D eigenvalue weighted by Gasteiger charge is -2.10. The van der Waals surface area contributed by atoms with Crippen molar-refractivity contribution >= 4 is 55.9 Å². The predicted octanol–water partition coefficient (Wildman–Crippen LogP) is 2.10. The first-order valence-corrected chi connectivity index (χ1v) is 6.71. The maximum absolute atomic E-state index is 11.3. The van der Waals surface area contributed by atoms with Crippen LogP contribution in [0.3, 0.4) is 0 Å². The molecule has 0 saturated heterocycles. The molecule has 1 aliphatic rings. The normalized spacial score (nSPS) is 21.6. The van der Waals surface area contributed by atoms with Crippen molar-refractivity contribution in [1.29, 1.82) is 0 Å². The highest BCUT2D eigenvalue weighted by molar-refractivity contribution is 9.10. The topological polar surface area (TPSA) is 66.2 Å². The van der Waals surface area contributed by atoms with E-state index in [0.717, 1.165) is 10.0 Å². The quantitative estimate of drug-likeness (QED) is 0.483. The molecular weight excluding hydrogens is 364 g/mol. The van der Waals surface area contributed by atoms with Crippen LogP contribution in [0.2, 0.25) is 0 Å². The standard InChI is InChI=1S/C11H8Br2N4O/c12-8-3-1-2-7(4-8)5-14-16-9-6-15-17-11(18)10(9)13/h1-6,10H,(H,17,18)/b14-5-,16-9-. The molecule has 1 N–H and O–H groups in total. The van der Waals surface area contributed by atoms with Crippen LogP contribution in [0, 0.1) is 0 Å². The van der Waals surface area contributed by atoms with Crippen molar-refractivity contribution in [2.24, 2.45) is 15.3 Å². The minimum absolute atomic E-state index is 0.256. The predicted molar refractivity (Wildman–Crippen MR) is 78.5 cm³/mol. The van der Waals surface area contributed by atoms with Gasteiger partial charge in [-0.15, -0.1) is 0 Å². The molecule has 7 heteroatoms. The second-order valence-electron chi connectivity index (χ2n) is 3.42. The largest absolute Gasteiger partial charge is 0.271 e. The number of benzene rings is 1. The van der Waals surface area contributed by atoms with Gasteiger partial charge in [0, 0.05) is 4.47 Å². The average Bonchev–Trinajstić information content (AvgIpc) is 2.35. The molecule has 92 valence electrons. The van der Waals surface area contributed by atoms with Crippen LogP contribution < -0.4 is 5.43 Å². The maximum Gasteiger partial charge on any atom is 0.260 e. The van der Waals surface area contributed by atoms with E-state index in [9.17, 15) is 4.79 Å². The number of nitrogens with one attached hydrogen (secondary N) is 1. The van der Waals surface area contributed by atoms with Crippen molar-refractivity contribution in [2.75, 3.05) is 0 Å². The third-order valence-corrected chi connectivity index (χ3v) is 3.47. The fourth-order valence-electron chi connectivity index (χ4n) is 1.24. The Hall–Kier alpha value is -1.34. The Kier molecular flexibility index (Phi) is 4.38. The number of hydrogen-bond acceptors (Lipinski definition) is 4. The Balaban J connectivity index is 2.13. The van der Waals surface area contributed by atoms with Gasteiger partial charge in [0.05, 0.1) is 12.4 Å². The van der Waals surface area contributed by atoms with E-state index >= 15 is 0 Å². The van der Waals surface area contributed by atoms with Gasteiger partial charge in [0.2, 0.25) is 0 Å². The number of nitrogens with zero attached hydrogens (tertiary/aromatic N) is 3. The summed E-state index contributed by atoms with van der Waals surface area (Å²) >= 11 is 6.57. The van der Waals surface area contributed by atoms with Crippen molar-refractivity contribution < 1.29 is 4.79 Å². The van der Waals surface area contributed by atoms with Gasteiger partial charge in [-0.05, 0) is 17.7 Å². The summed E-state index contributed by atoms with van der Waals surface area (Å²) in [5.41, 5.74) is 3.70. The molecule has 0 radical (unpaired) electrons. The summed E-state index contributed by atoms with van der Waals surface area (Å²) in [6.45, 7) is 0. The second-order valence-corrected chi connectivity index (χ2v) is 5.25. The van der Waals surface area contributed by atoms with Crippen LogP contribution >= 0.6 is 31.9 Å². The lowest BCUT2D eigenvalue weighted by Crippen LogP contribution is -2.38. The minimum atomic E-state index is -0.519.